The molecule has 0 saturated heterocycles. The maximum atomic E-state index is 9.85. The largest absolute Gasteiger partial charge is 0.507 e. The van der Waals surface area contributed by atoms with Crippen molar-refractivity contribution < 1.29 is 14.6 Å². The zero-order chi connectivity index (χ0) is 12.4. The summed E-state index contributed by atoms with van der Waals surface area (Å²) in [6.07, 6.45) is 0.889. The number of phenols is 1. The number of fused-ring (bicyclic) bond motifs is 1. The zero-order valence-corrected chi connectivity index (χ0v) is 9.93. The van der Waals surface area contributed by atoms with Gasteiger partial charge in [0.1, 0.15) is 5.75 Å². The SMILES string of the molecule is Oc1ccccc1-c1ccc2c(c1)OCCCO2. The standard InChI is InChI=1S/C15H14O3/c16-13-5-2-1-4-12(13)11-6-7-14-15(10-11)18-9-3-8-17-14/h1-2,4-7,10,16H,3,8-9H2. The van der Waals surface area contributed by atoms with E-state index in [1.165, 1.54) is 0 Å². The molecule has 0 radical (unpaired) electrons. The van der Waals surface area contributed by atoms with Crippen molar-refractivity contribution in [2.75, 3.05) is 13.2 Å². The van der Waals surface area contributed by atoms with Gasteiger partial charge < -0.3 is 14.6 Å². The fourth-order valence-electron chi connectivity index (χ4n) is 2.05. The first-order valence-corrected chi connectivity index (χ1v) is 6.02. The van der Waals surface area contributed by atoms with Crippen LogP contribution >= 0.6 is 0 Å². The Hall–Kier alpha value is -2.16. The third kappa shape index (κ3) is 1.99. The van der Waals surface area contributed by atoms with Crippen LogP contribution in [0.3, 0.4) is 0 Å². The first-order valence-electron chi connectivity index (χ1n) is 6.02. The van der Waals surface area contributed by atoms with Gasteiger partial charge in [0.2, 0.25) is 0 Å². The minimum absolute atomic E-state index is 0.270. The van der Waals surface area contributed by atoms with Crippen LogP contribution in [0.25, 0.3) is 11.1 Å². The van der Waals surface area contributed by atoms with Gasteiger partial charge in [-0.25, -0.2) is 0 Å². The fourth-order valence-corrected chi connectivity index (χ4v) is 2.05. The van der Waals surface area contributed by atoms with E-state index in [9.17, 15) is 5.11 Å². The van der Waals surface area contributed by atoms with Gasteiger partial charge in [-0.3, -0.25) is 0 Å². The molecule has 0 amide bonds. The molecule has 0 spiro atoms. The number of aromatic hydroxyl groups is 1. The van der Waals surface area contributed by atoms with Crippen LogP contribution in [0.4, 0.5) is 0 Å². The monoisotopic (exact) mass is 242 g/mol. The van der Waals surface area contributed by atoms with Gasteiger partial charge in [-0.05, 0) is 23.8 Å². The lowest BCUT2D eigenvalue weighted by Crippen LogP contribution is -1.97. The third-order valence-corrected chi connectivity index (χ3v) is 2.96. The number of para-hydroxylation sites is 1. The molecule has 1 N–H and O–H groups in total. The number of hydrogen-bond acceptors (Lipinski definition) is 3. The van der Waals surface area contributed by atoms with E-state index in [1.54, 1.807) is 6.07 Å². The van der Waals surface area contributed by atoms with Gasteiger partial charge in [-0.15, -0.1) is 0 Å². The van der Waals surface area contributed by atoms with Crippen molar-refractivity contribution in [2.45, 2.75) is 6.42 Å². The quantitative estimate of drug-likeness (QED) is 0.834. The number of phenolic OH excluding ortho intramolecular Hbond substituents is 1. The molecule has 0 unspecified atom stereocenters. The van der Waals surface area contributed by atoms with Crippen LogP contribution in [-0.4, -0.2) is 18.3 Å². The average molecular weight is 242 g/mol. The lowest BCUT2D eigenvalue weighted by molar-refractivity contribution is 0.297. The fraction of sp³-hybridized carbons (Fsp3) is 0.200. The summed E-state index contributed by atoms with van der Waals surface area (Å²) in [5.74, 6) is 1.78. The van der Waals surface area contributed by atoms with Crippen molar-refractivity contribution in [3.05, 3.63) is 42.5 Å². The normalized spacial score (nSPS) is 14.0. The van der Waals surface area contributed by atoms with Crippen LogP contribution in [0.2, 0.25) is 0 Å². The van der Waals surface area contributed by atoms with Crippen molar-refractivity contribution in [3.63, 3.8) is 0 Å². The molecule has 3 rings (SSSR count). The summed E-state index contributed by atoms with van der Waals surface area (Å²) in [6, 6.07) is 13.0. The van der Waals surface area contributed by atoms with Crippen molar-refractivity contribution >= 4 is 0 Å². The van der Waals surface area contributed by atoms with E-state index in [0.717, 1.165) is 29.0 Å². The first-order chi connectivity index (χ1) is 8.84. The van der Waals surface area contributed by atoms with E-state index in [2.05, 4.69) is 0 Å². The maximum absolute atomic E-state index is 9.85. The van der Waals surface area contributed by atoms with Gasteiger partial charge in [0.25, 0.3) is 0 Å². The summed E-state index contributed by atoms with van der Waals surface area (Å²) < 4.78 is 11.2. The molecule has 0 aliphatic carbocycles. The third-order valence-electron chi connectivity index (χ3n) is 2.96. The number of benzene rings is 2. The van der Waals surface area contributed by atoms with Crippen LogP contribution in [-0.2, 0) is 0 Å². The number of ether oxygens (including phenoxy) is 2. The second kappa shape index (κ2) is 4.61. The molecular weight excluding hydrogens is 228 g/mol. The van der Waals surface area contributed by atoms with Crippen molar-refractivity contribution in [1.29, 1.82) is 0 Å². The van der Waals surface area contributed by atoms with Gasteiger partial charge in [0, 0.05) is 12.0 Å². The minimum Gasteiger partial charge on any atom is -0.507 e. The second-order valence-corrected chi connectivity index (χ2v) is 4.23. The molecule has 3 nitrogen and oxygen atoms in total. The van der Waals surface area contributed by atoms with E-state index in [1.807, 2.05) is 36.4 Å². The molecule has 18 heavy (non-hydrogen) atoms. The molecule has 1 heterocycles. The van der Waals surface area contributed by atoms with E-state index in [0.29, 0.717) is 13.2 Å². The van der Waals surface area contributed by atoms with E-state index >= 15 is 0 Å². The lowest BCUT2D eigenvalue weighted by Gasteiger charge is -2.10. The molecule has 0 atom stereocenters. The highest BCUT2D eigenvalue weighted by Gasteiger charge is 2.12. The molecule has 0 aromatic heterocycles. The second-order valence-electron chi connectivity index (χ2n) is 4.23. The van der Waals surface area contributed by atoms with Crippen molar-refractivity contribution in [2.24, 2.45) is 0 Å². The van der Waals surface area contributed by atoms with Crippen LogP contribution in [0, 0.1) is 0 Å². The smallest absolute Gasteiger partial charge is 0.161 e. The lowest BCUT2D eigenvalue weighted by atomic mass is 10.0. The Balaban J connectivity index is 2.04. The molecule has 3 heteroatoms. The molecule has 92 valence electrons. The summed E-state index contributed by atoms with van der Waals surface area (Å²) in [7, 11) is 0. The molecule has 0 saturated carbocycles. The summed E-state index contributed by atoms with van der Waals surface area (Å²) in [6.45, 7) is 1.35. The molecule has 2 aromatic rings. The zero-order valence-electron chi connectivity index (χ0n) is 9.93. The van der Waals surface area contributed by atoms with Crippen molar-refractivity contribution in [1.82, 2.24) is 0 Å². The highest BCUT2D eigenvalue weighted by Crippen LogP contribution is 2.36. The van der Waals surface area contributed by atoms with Crippen molar-refractivity contribution in [3.8, 4) is 28.4 Å². The highest BCUT2D eigenvalue weighted by atomic mass is 16.5. The topological polar surface area (TPSA) is 38.7 Å². The molecule has 2 aromatic carbocycles. The van der Waals surface area contributed by atoms with E-state index < -0.39 is 0 Å². The minimum atomic E-state index is 0.270. The van der Waals surface area contributed by atoms with E-state index in [4.69, 9.17) is 9.47 Å². The first kappa shape index (κ1) is 11.0. The van der Waals surface area contributed by atoms with Gasteiger partial charge >= 0.3 is 0 Å². The van der Waals surface area contributed by atoms with Crippen LogP contribution in [0.1, 0.15) is 6.42 Å². The van der Waals surface area contributed by atoms with Gasteiger partial charge in [-0.1, -0.05) is 24.3 Å². The Morgan fingerprint density at radius 1 is 0.889 bits per heavy atom. The van der Waals surface area contributed by atoms with Crippen LogP contribution in [0.5, 0.6) is 17.2 Å². The predicted molar refractivity (Wildman–Crippen MR) is 69.1 cm³/mol. The predicted octanol–water partition coefficient (Wildman–Crippen LogP) is 3.22. The molecule has 0 bridgehead atoms. The summed E-state index contributed by atoms with van der Waals surface area (Å²) >= 11 is 0. The highest BCUT2D eigenvalue weighted by molar-refractivity contribution is 5.72. The Labute approximate surface area is 106 Å². The molecule has 0 fully saturated rings. The molecule has 1 aliphatic heterocycles. The Bertz CT molecular complexity index is 563. The summed E-state index contributed by atoms with van der Waals surface area (Å²) in [5, 5.41) is 9.85. The Morgan fingerprint density at radius 2 is 1.67 bits per heavy atom. The van der Waals surface area contributed by atoms with Gasteiger partial charge in [0.15, 0.2) is 11.5 Å². The number of rotatable bonds is 1. The van der Waals surface area contributed by atoms with Gasteiger partial charge in [-0.2, -0.15) is 0 Å². The maximum Gasteiger partial charge on any atom is 0.161 e. The van der Waals surface area contributed by atoms with Gasteiger partial charge in [0.05, 0.1) is 13.2 Å². The van der Waals surface area contributed by atoms with Crippen LogP contribution in [0.15, 0.2) is 42.5 Å². The van der Waals surface area contributed by atoms with Crippen LogP contribution < -0.4 is 9.47 Å². The number of hydrogen-bond donors (Lipinski definition) is 1. The summed E-state index contributed by atoms with van der Waals surface area (Å²) in [4.78, 5) is 0. The Morgan fingerprint density at radius 3 is 2.50 bits per heavy atom. The average Bonchev–Trinajstić information content (AvgIpc) is 2.63. The molecule has 1 aliphatic rings. The molecular formula is C15H14O3. The Kier molecular flexibility index (Phi) is 2.81. The summed E-state index contributed by atoms with van der Waals surface area (Å²) in [5.41, 5.74) is 1.73. The van der Waals surface area contributed by atoms with E-state index in [-0.39, 0.29) is 5.75 Å².